The van der Waals surface area contributed by atoms with E-state index in [9.17, 15) is 12.8 Å². The maximum absolute atomic E-state index is 13.3. The molecule has 0 bridgehead atoms. The van der Waals surface area contributed by atoms with Crippen LogP contribution in [0.2, 0.25) is 0 Å². The molecule has 0 aliphatic heterocycles. The molecule has 0 aliphatic carbocycles. The zero-order chi connectivity index (χ0) is 20.7. The molecule has 0 saturated heterocycles. The maximum Gasteiger partial charge on any atom is 0.190 e. The Balaban J connectivity index is 1.43. The fourth-order valence-corrected chi connectivity index (χ4v) is 4.45. The van der Waals surface area contributed by atoms with Gasteiger partial charge in [0.2, 0.25) is 0 Å². The molecule has 0 saturated carbocycles. The highest BCUT2D eigenvalue weighted by Crippen LogP contribution is 2.19. The smallest absolute Gasteiger partial charge is 0.190 e. The monoisotopic (exact) mass is 416 g/mol. The second-order valence-electron chi connectivity index (χ2n) is 6.67. The van der Waals surface area contributed by atoms with Gasteiger partial charge in [0.25, 0.3) is 0 Å². The maximum atomic E-state index is 13.3. The average molecular weight is 417 g/mol. The lowest BCUT2D eigenvalue weighted by molar-refractivity contribution is 0.592. The van der Waals surface area contributed by atoms with Gasteiger partial charge in [-0.3, -0.25) is 4.99 Å². The molecule has 29 heavy (non-hydrogen) atoms. The van der Waals surface area contributed by atoms with Crippen LogP contribution in [0, 0.1) is 5.82 Å². The number of nitrogens with one attached hydrogen (secondary N) is 3. The second kappa shape index (κ2) is 9.56. The minimum Gasteiger partial charge on any atom is -0.361 e. The van der Waals surface area contributed by atoms with Crippen molar-refractivity contribution in [2.75, 3.05) is 25.9 Å². The van der Waals surface area contributed by atoms with Gasteiger partial charge in [-0.15, -0.1) is 0 Å². The van der Waals surface area contributed by atoms with Crippen LogP contribution in [0.3, 0.4) is 0 Å². The summed E-state index contributed by atoms with van der Waals surface area (Å²) in [5.74, 6) is 0.434. The molecule has 3 aromatic rings. The first-order valence-electron chi connectivity index (χ1n) is 9.47. The van der Waals surface area contributed by atoms with Crippen molar-refractivity contribution in [3.05, 3.63) is 66.1 Å². The lowest BCUT2D eigenvalue weighted by atomic mass is 10.1. The number of aromatic amines is 1. The summed E-state index contributed by atoms with van der Waals surface area (Å²) in [4.78, 5) is 7.59. The Kier molecular flexibility index (Phi) is 6.87. The fraction of sp³-hybridized carbons (Fsp3) is 0.286. The highest BCUT2D eigenvalue weighted by atomic mass is 32.2. The van der Waals surface area contributed by atoms with Gasteiger partial charge < -0.3 is 15.6 Å². The molecular weight excluding hydrogens is 391 g/mol. The highest BCUT2D eigenvalue weighted by molar-refractivity contribution is 7.91. The molecule has 8 heteroatoms. The van der Waals surface area contributed by atoms with Crippen LogP contribution in [0.1, 0.15) is 12.0 Å². The summed E-state index contributed by atoms with van der Waals surface area (Å²) in [6.45, 7) is 1.14. The SMILES string of the molecule is CN=C(NCCCS(=O)(=O)c1ccccc1)NCCc1c[nH]c2cc(F)ccc12. The molecular formula is C21H25FN4O2S. The number of H-pyrrole nitrogens is 1. The molecule has 0 aliphatic rings. The van der Waals surface area contributed by atoms with Crippen molar-refractivity contribution in [1.82, 2.24) is 15.6 Å². The predicted molar refractivity (Wildman–Crippen MR) is 114 cm³/mol. The molecule has 0 amide bonds. The van der Waals surface area contributed by atoms with E-state index in [1.807, 2.05) is 6.20 Å². The molecule has 0 radical (unpaired) electrons. The lowest BCUT2D eigenvalue weighted by Gasteiger charge is -2.12. The van der Waals surface area contributed by atoms with Crippen molar-refractivity contribution in [3.8, 4) is 0 Å². The van der Waals surface area contributed by atoms with Crippen molar-refractivity contribution in [2.45, 2.75) is 17.7 Å². The topological polar surface area (TPSA) is 86.3 Å². The number of aromatic nitrogens is 1. The van der Waals surface area contributed by atoms with E-state index in [2.05, 4.69) is 20.6 Å². The van der Waals surface area contributed by atoms with Crippen molar-refractivity contribution in [3.63, 3.8) is 0 Å². The number of sulfone groups is 1. The lowest BCUT2D eigenvalue weighted by Crippen LogP contribution is -2.39. The van der Waals surface area contributed by atoms with Crippen LogP contribution < -0.4 is 10.6 Å². The predicted octanol–water partition coefficient (Wildman–Crippen LogP) is 2.88. The molecule has 1 heterocycles. The number of hydrogen-bond acceptors (Lipinski definition) is 3. The van der Waals surface area contributed by atoms with Crippen LogP contribution in [0.4, 0.5) is 4.39 Å². The number of halogens is 1. The molecule has 2 aromatic carbocycles. The standard InChI is InChI=1S/C21H25FN4O2S/c1-23-21(24-11-5-13-29(27,28)18-6-3-2-4-7-18)25-12-10-16-15-26-20-14-17(22)8-9-19(16)20/h2-4,6-9,14-15,26H,5,10-13H2,1H3,(H2,23,24,25). The van der Waals surface area contributed by atoms with Crippen LogP contribution in [-0.2, 0) is 16.3 Å². The molecule has 0 spiro atoms. The highest BCUT2D eigenvalue weighted by Gasteiger charge is 2.13. The zero-order valence-electron chi connectivity index (χ0n) is 16.3. The molecule has 154 valence electrons. The third kappa shape index (κ3) is 5.57. The van der Waals surface area contributed by atoms with E-state index in [0.717, 1.165) is 22.9 Å². The number of hydrogen-bond donors (Lipinski definition) is 3. The number of rotatable bonds is 8. The first kappa shape index (κ1) is 20.9. The van der Waals surface area contributed by atoms with Gasteiger partial charge in [-0.2, -0.15) is 0 Å². The third-order valence-corrected chi connectivity index (χ3v) is 6.44. The largest absolute Gasteiger partial charge is 0.361 e. The van der Waals surface area contributed by atoms with Gasteiger partial charge in [0.1, 0.15) is 5.82 Å². The van der Waals surface area contributed by atoms with Crippen LogP contribution in [-0.4, -0.2) is 45.3 Å². The fourth-order valence-electron chi connectivity index (χ4n) is 3.12. The first-order chi connectivity index (χ1) is 14.0. The number of benzene rings is 2. The summed E-state index contributed by atoms with van der Waals surface area (Å²) in [6, 6.07) is 13.2. The summed E-state index contributed by atoms with van der Waals surface area (Å²) in [5.41, 5.74) is 1.87. The van der Waals surface area contributed by atoms with Crippen LogP contribution in [0.5, 0.6) is 0 Å². The van der Waals surface area contributed by atoms with E-state index in [1.54, 1.807) is 43.4 Å². The Morgan fingerprint density at radius 2 is 1.86 bits per heavy atom. The molecule has 0 unspecified atom stereocenters. The van der Waals surface area contributed by atoms with Crippen molar-refractivity contribution in [2.24, 2.45) is 4.99 Å². The van der Waals surface area contributed by atoms with Crippen LogP contribution in [0.25, 0.3) is 10.9 Å². The van der Waals surface area contributed by atoms with E-state index in [-0.39, 0.29) is 11.6 Å². The summed E-state index contributed by atoms with van der Waals surface area (Å²) in [6.07, 6.45) is 3.11. The molecule has 0 atom stereocenters. The van der Waals surface area contributed by atoms with Gasteiger partial charge in [-0.05, 0) is 48.7 Å². The van der Waals surface area contributed by atoms with Crippen molar-refractivity contribution >= 4 is 26.7 Å². The zero-order valence-corrected chi connectivity index (χ0v) is 17.1. The van der Waals surface area contributed by atoms with Gasteiger partial charge in [0, 0.05) is 37.2 Å². The van der Waals surface area contributed by atoms with Crippen molar-refractivity contribution in [1.29, 1.82) is 0 Å². The summed E-state index contributed by atoms with van der Waals surface area (Å²) in [5, 5.41) is 7.35. The van der Waals surface area contributed by atoms with E-state index in [0.29, 0.717) is 30.4 Å². The minimum atomic E-state index is -3.27. The summed E-state index contributed by atoms with van der Waals surface area (Å²) < 4.78 is 37.8. The van der Waals surface area contributed by atoms with Crippen LogP contribution >= 0.6 is 0 Å². The Morgan fingerprint density at radius 3 is 2.62 bits per heavy atom. The minimum absolute atomic E-state index is 0.0763. The van der Waals surface area contributed by atoms with E-state index < -0.39 is 9.84 Å². The first-order valence-corrected chi connectivity index (χ1v) is 11.1. The average Bonchev–Trinajstić information content (AvgIpc) is 3.12. The van der Waals surface area contributed by atoms with Crippen LogP contribution in [0.15, 0.2) is 64.6 Å². The molecule has 6 nitrogen and oxygen atoms in total. The Morgan fingerprint density at radius 1 is 1.10 bits per heavy atom. The van der Waals surface area contributed by atoms with E-state index >= 15 is 0 Å². The molecule has 1 aromatic heterocycles. The molecule has 0 fully saturated rings. The normalized spacial score (nSPS) is 12.3. The second-order valence-corrected chi connectivity index (χ2v) is 8.77. The quantitative estimate of drug-likeness (QED) is 0.299. The molecule has 3 N–H and O–H groups in total. The van der Waals surface area contributed by atoms with Gasteiger partial charge >= 0.3 is 0 Å². The Labute approximate surface area is 170 Å². The number of guanidine groups is 1. The summed E-state index contributed by atoms with van der Waals surface area (Å²) in [7, 11) is -1.59. The summed E-state index contributed by atoms with van der Waals surface area (Å²) >= 11 is 0. The number of aliphatic imine (C=N–C) groups is 1. The van der Waals surface area contributed by atoms with Gasteiger partial charge in [0.15, 0.2) is 15.8 Å². The third-order valence-electron chi connectivity index (χ3n) is 4.62. The number of nitrogens with zero attached hydrogens (tertiary/aromatic N) is 1. The number of fused-ring (bicyclic) bond motifs is 1. The Hall–Kier alpha value is -2.87. The van der Waals surface area contributed by atoms with Gasteiger partial charge in [-0.1, -0.05) is 18.2 Å². The van der Waals surface area contributed by atoms with E-state index in [1.165, 1.54) is 12.1 Å². The molecule has 3 rings (SSSR count). The van der Waals surface area contributed by atoms with Gasteiger partial charge in [-0.25, -0.2) is 12.8 Å². The Bertz CT molecular complexity index is 1080. The van der Waals surface area contributed by atoms with E-state index in [4.69, 9.17) is 0 Å². The van der Waals surface area contributed by atoms with Crippen molar-refractivity contribution < 1.29 is 12.8 Å². The van der Waals surface area contributed by atoms with Gasteiger partial charge in [0.05, 0.1) is 10.6 Å².